The van der Waals surface area contributed by atoms with Gasteiger partial charge in [0, 0.05) is 23.7 Å². The molecule has 0 radical (unpaired) electrons. The summed E-state index contributed by atoms with van der Waals surface area (Å²) in [5.74, 6) is 1.53. The van der Waals surface area contributed by atoms with Crippen molar-refractivity contribution in [2.75, 3.05) is 19.9 Å². The maximum Gasteiger partial charge on any atom is 0.254 e. The van der Waals surface area contributed by atoms with Gasteiger partial charge in [0.2, 0.25) is 6.79 Å². The summed E-state index contributed by atoms with van der Waals surface area (Å²) in [6.45, 7) is 4.34. The van der Waals surface area contributed by atoms with Crippen LogP contribution in [0.2, 0.25) is 0 Å². The number of carbonyl (C=O) groups is 1. The Kier molecular flexibility index (Phi) is 6.82. The second-order valence-corrected chi connectivity index (χ2v) is 8.45. The number of benzene rings is 2. The van der Waals surface area contributed by atoms with E-state index in [1.54, 1.807) is 36.5 Å². The summed E-state index contributed by atoms with van der Waals surface area (Å²) in [6, 6.07) is 14.8. The molecule has 1 aliphatic rings. The van der Waals surface area contributed by atoms with E-state index in [4.69, 9.17) is 14.2 Å². The van der Waals surface area contributed by atoms with Crippen LogP contribution in [0.5, 0.6) is 17.2 Å². The van der Waals surface area contributed by atoms with Gasteiger partial charge < -0.3 is 24.6 Å². The summed E-state index contributed by atoms with van der Waals surface area (Å²) < 4.78 is 16.2. The van der Waals surface area contributed by atoms with Gasteiger partial charge in [-0.15, -0.1) is 0 Å². The monoisotopic (exact) mass is 452 g/mol. The van der Waals surface area contributed by atoms with Crippen molar-refractivity contribution in [3.63, 3.8) is 0 Å². The highest BCUT2D eigenvalue weighted by Gasteiger charge is 2.17. The van der Waals surface area contributed by atoms with Crippen LogP contribution < -0.4 is 19.5 Å². The number of fused-ring (bicyclic) bond motifs is 1. The van der Waals surface area contributed by atoms with Gasteiger partial charge in [-0.25, -0.2) is 4.98 Å². The lowest BCUT2D eigenvalue weighted by atomic mass is 10.2. The molecule has 0 bridgehead atoms. The lowest BCUT2D eigenvalue weighted by Gasteiger charge is -2.14. The molecule has 0 saturated carbocycles. The number of aromatic nitrogens is 1. The van der Waals surface area contributed by atoms with Gasteiger partial charge in [0.15, 0.2) is 11.5 Å². The molecule has 0 saturated heterocycles. The fourth-order valence-corrected chi connectivity index (χ4v) is 4.14. The maximum absolute atomic E-state index is 12.8. The first-order chi connectivity index (χ1) is 15.5. The Labute approximate surface area is 190 Å². The number of hydrogen-bond acceptors (Lipinski definition) is 7. The Morgan fingerprint density at radius 2 is 2.03 bits per heavy atom. The molecule has 2 aromatic carbocycles. The van der Waals surface area contributed by atoms with E-state index in [0.717, 1.165) is 10.5 Å². The van der Waals surface area contributed by atoms with Crippen LogP contribution in [-0.2, 0) is 0 Å². The lowest BCUT2D eigenvalue weighted by molar-refractivity contribution is 0.0840. The number of nitrogens with zero attached hydrogens (tertiary/aromatic N) is 1. The van der Waals surface area contributed by atoms with Gasteiger partial charge in [-0.3, -0.25) is 4.79 Å². The quantitative estimate of drug-likeness (QED) is 0.538. The molecular formula is C24H24N2O5S. The first-order valence-electron chi connectivity index (χ1n) is 10.2. The second-order valence-electron chi connectivity index (χ2n) is 7.42. The Hall–Kier alpha value is -3.23. The third-order valence-corrected chi connectivity index (χ3v) is 6.03. The summed E-state index contributed by atoms with van der Waals surface area (Å²) in [5, 5.41) is 13.6. The predicted octanol–water partition coefficient (Wildman–Crippen LogP) is 3.75. The van der Waals surface area contributed by atoms with E-state index in [-0.39, 0.29) is 25.9 Å². The maximum atomic E-state index is 12.8. The molecule has 1 atom stereocenters. The first-order valence-corrected chi connectivity index (χ1v) is 11.0. The molecule has 32 heavy (non-hydrogen) atoms. The zero-order valence-electron chi connectivity index (χ0n) is 17.8. The lowest BCUT2D eigenvalue weighted by Crippen LogP contribution is -2.35. The molecule has 1 aromatic heterocycles. The number of nitrogens with one attached hydrogen (secondary N) is 1. The topological polar surface area (TPSA) is 89.9 Å². The van der Waals surface area contributed by atoms with Crippen molar-refractivity contribution in [1.29, 1.82) is 0 Å². The molecule has 1 amide bonds. The van der Waals surface area contributed by atoms with Crippen LogP contribution in [0.15, 0.2) is 64.6 Å². The largest absolute Gasteiger partial charge is 0.491 e. The number of amides is 1. The van der Waals surface area contributed by atoms with E-state index in [0.29, 0.717) is 27.8 Å². The molecule has 1 unspecified atom stereocenters. The van der Waals surface area contributed by atoms with Gasteiger partial charge >= 0.3 is 0 Å². The van der Waals surface area contributed by atoms with Crippen LogP contribution in [0.25, 0.3) is 0 Å². The minimum Gasteiger partial charge on any atom is -0.491 e. The normalized spacial score (nSPS) is 13.0. The van der Waals surface area contributed by atoms with E-state index < -0.39 is 6.10 Å². The van der Waals surface area contributed by atoms with Crippen molar-refractivity contribution in [2.45, 2.75) is 29.9 Å². The number of aliphatic hydroxyl groups is 1. The first kappa shape index (κ1) is 22.0. The Morgan fingerprint density at radius 3 is 2.88 bits per heavy atom. The highest BCUT2D eigenvalue weighted by molar-refractivity contribution is 7.99. The van der Waals surface area contributed by atoms with E-state index >= 15 is 0 Å². The average molecular weight is 453 g/mol. The molecule has 2 N–H and O–H groups in total. The molecule has 8 heteroatoms. The Balaban J connectivity index is 1.32. The molecule has 0 aliphatic carbocycles. The van der Waals surface area contributed by atoms with E-state index in [1.165, 1.54) is 17.3 Å². The number of hydrogen-bond donors (Lipinski definition) is 2. The van der Waals surface area contributed by atoms with Crippen LogP contribution >= 0.6 is 11.8 Å². The number of carbonyl (C=O) groups excluding carboxylic acids is 1. The van der Waals surface area contributed by atoms with Crippen molar-refractivity contribution >= 4 is 17.7 Å². The van der Waals surface area contributed by atoms with Crippen LogP contribution in [-0.4, -0.2) is 42.0 Å². The van der Waals surface area contributed by atoms with E-state index in [1.807, 2.05) is 26.0 Å². The smallest absolute Gasteiger partial charge is 0.254 e. The molecule has 166 valence electrons. The number of aryl methyl sites for hydroxylation is 2. The molecule has 0 fully saturated rings. The van der Waals surface area contributed by atoms with Gasteiger partial charge in [-0.05, 0) is 49.7 Å². The van der Waals surface area contributed by atoms with Gasteiger partial charge in [0.1, 0.15) is 23.5 Å². The molecular weight excluding hydrogens is 428 g/mol. The van der Waals surface area contributed by atoms with Crippen molar-refractivity contribution in [1.82, 2.24) is 10.3 Å². The summed E-state index contributed by atoms with van der Waals surface area (Å²) in [7, 11) is 0. The minimum absolute atomic E-state index is 0.0249. The Bertz CT molecular complexity index is 1120. The highest BCUT2D eigenvalue weighted by atomic mass is 32.2. The number of aliphatic hydroxyl groups excluding tert-OH is 1. The zero-order chi connectivity index (χ0) is 22.5. The Morgan fingerprint density at radius 1 is 1.19 bits per heavy atom. The summed E-state index contributed by atoms with van der Waals surface area (Å²) in [5.41, 5.74) is 2.77. The second kappa shape index (κ2) is 9.93. The molecule has 0 spiro atoms. The fraction of sp³-hybridized carbons (Fsp3) is 0.250. The van der Waals surface area contributed by atoms with Gasteiger partial charge in [0.25, 0.3) is 5.91 Å². The van der Waals surface area contributed by atoms with Crippen LogP contribution in [0.4, 0.5) is 0 Å². The third kappa shape index (κ3) is 5.33. The molecule has 2 heterocycles. The fourth-order valence-electron chi connectivity index (χ4n) is 3.19. The van der Waals surface area contributed by atoms with Crippen molar-refractivity contribution in [2.24, 2.45) is 0 Å². The zero-order valence-corrected chi connectivity index (χ0v) is 18.6. The standard InChI is InChI=1S/C24H24N2O5S/c1-15-5-8-22(16(2)10-15)32-24-19(4-3-9-25-24)23(28)26-12-17(27)13-29-18-6-7-20-21(11-18)31-14-30-20/h3-11,17,27H,12-14H2,1-2H3,(H,26,28). The van der Waals surface area contributed by atoms with Crippen molar-refractivity contribution in [3.8, 4) is 17.2 Å². The van der Waals surface area contributed by atoms with Gasteiger partial charge in [-0.1, -0.05) is 29.5 Å². The van der Waals surface area contributed by atoms with Crippen molar-refractivity contribution < 1.29 is 24.1 Å². The van der Waals surface area contributed by atoms with Crippen LogP contribution in [0.3, 0.4) is 0 Å². The van der Waals surface area contributed by atoms with E-state index in [9.17, 15) is 9.90 Å². The van der Waals surface area contributed by atoms with Crippen molar-refractivity contribution in [3.05, 3.63) is 71.4 Å². The van der Waals surface area contributed by atoms with Crippen LogP contribution in [0.1, 0.15) is 21.5 Å². The van der Waals surface area contributed by atoms with E-state index in [2.05, 4.69) is 16.4 Å². The average Bonchev–Trinajstić information content (AvgIpc) is 3.26. The predicted molar refractivity (Wildman–Crippen MR) is 121 cm³/mol. The van der Waals surface area contributed by atoms with Crippen LogP contribution in [0, 0.1) is 13.8 Å². The number of ether oxygens (including phenoxy) is 3. The summed E-state index contributed by atoms with van der Waals surface area (Å²) in [4.78, 5) is 18.2. The minimum atomic E-state index is -0.878. The molecule has 1 aliphatic heterocycles. The highest BCUT2D eigenvalue weighted by Crippen LogP contribution is 2.35. The molecule has 3 aromatic rings. The molecule has 7 nitrogen and oxygen atoms in total. The number of rotatable bonds is 8. The number of pyridine rings is 1. The SMILES string of the molecule is Cc1ccc(Sc2ncccc2C(=O)NCC(O)COc2ccc3c(c2)OCO3)c(C)c1. The third-order valence-electron chi connectivity index (χ3n) is 4.84. The van der Waals surface area contributed by atoms with Gasteiger partial charge in [-0.2, -0.15) is 0 Å². The summed E-state index contributed by atoms with van der Waals surface area (Å²) >= 11 is 1.45. The molecule has 4 rings (SSSR count). The summed E-state index contributed by atoms with van der Waals surface area (Å²) in [6.07, 6.45) is 0.785. The van der Waals surface area contributed by atoms with Gasteiger partial charge in [0.05, 0.1) is 5.56 Å².